The molecule has 1 saturated heterocycles. The highest BCUT2D eigenvalue weighted by Gasteiger charge is 2.31. The van der Waals surface area contributed by atoms with Crippen LogP contribution in [0, 0.1) is 13.8 Å². The lowest BCUT2D eigenvalue weighted by molar-refractivity contribution is -0.0667. The first kappa shape index (κ1) is 16.2. The number of aryl methyl sites for hydroxylation is 2. The van der Waals surface area contributed by atoms with E-state index in [1.165, 1.54) is 0 Å². The maximum absolute atomic E-state index is 13.1. The molecule has 2 aromatic heterocycles. The predicted octanol–water partition coefficient (Wildman–Crippen LogP) is 2.38. The number of morpholine rings is 1. The molecule has 1 aliphatic rings. The maximum atomic E-state index is 13.1. The summed E-state index contributed by atoms with van der Waals surface area (Å²) in [5.41, 5.74) is 2.94. The minimum Gasteiger partial charge on any atom is -0.394 e. The fourth-order valence-electron chi connectivity index (χ4n) is 2.99. The van der Waals surface area contributed by atoms with Gasteiger partial charge in [-0.2, -0.15) is 0 Å². The summed E-state index contributed by atoms with van der Waals surface area (Å²) in [5.74, 6) is 0.00278. The van der Waals surface area contributed by atoms with Gasteiger partial charge in [-0.3, -0.25) is 4.79 Å². The van der Waals surface area contributed by atoms with Crippen LogP contribution in [0.2, 0.25) is 0 Å². The number of ether oxygens (including phenoxy) is 1. The van der Waals surface area contributed by atoms with Crippen molar-refractivity contribution in [2.24, 2.45) is 0 Å². The van der Waals surface area contributed by atoms with Gasteiger partial charge in [0.1, 0.15) is 5.00 Å². The van der Waals surface area contributed by atoms with Gasteiger partial charge in [-0.15, -0.1) is 11.3 Å². The first-order valence-electron chi connectivity index (χ1n) is 7.79. The second-order valence-corrected chi connectivity index (χ2v) is 6.93. The monoisotopic (exact) mass is 334 g/mol. The summed E-state index contributed by atoms with van der Waals surface area (Å²) in [7, 11) is 0. The maximum Gasteiger partial charge on any atom is 0.257 e. The van der Waals surface area contributed by atoms with Crippen LogP contribution in [-0.4, -0.2) is 52.4 Å². The first-order chi connectivity index (χ1) is 11.0. The van der Waals surface area contributed by atoms with Gasteiger partial charge >= 0.3 is 0 Å². The van der Waals surface area contributed by atoms with E-state index in [0.717, 1.165) is 16.4 Å². The Morgan fingerprint density at radius 2 is 2.04 bits per heavy atom. The number of aromatic nitrogens is 1. The van der Waals surface area contributed by atoms with Gasteiger partial charge in [0.2, 0.25) is 0 Å². The number of carbonyl (C=O) groups is 1. The molecule has 0 aliphatic carbocycles. The third kappa shape index (κ3) is 2.94. The number of hydrogen-bond acceptors (Lipinski definition) is 4. The molecule has 1 aliphatic heterocycles. The molecule has 23 heavy (non-hydrogen) atoms. The summed E-state index contributed by atoms with van der Waals surface area (Å²) in [5, 5.41) is 12.2. The molecular formula is C17H22N2O3S. The molecule has 2 aromatic rings. The van der Waals surface area contributed by atoms with Crippen molar-refractivity contribution in [3.05, 3.63) is 40.5 Å². The van der Waals surface area contributed by atoms with Crippen molar-refractivity contribution < 1.29 is 14.6 Å². The van der Waals surface area contributed by atoms with Crippen LogP contribution in [0.1, 0.15) is 28.7 Å². The molecule has 1 fully saturated rings. The third-order valence-corrected chi connectivity index (χ3v) is 5.22. The second kappa shape index (κ2) is 6.47. The van der Waals surface area contributed by atoms with Crippen LogP contribution in [0.5, 0.6) is 0 Å². The highest BCUT2D eigenvalue weighted by molar-refractivity contribution is 7.13. The smallest absolute Gasteiger partial charge is 0.257 e. The lowest BCUT2D eigenvalue weighted by Gasteiger charge is -2.37. The summed E-state index contributed by atoms with van der Waals surface area (Å²) in [6, 6.07) is 6.01. The van der Waals surface area contributed by atoms with Gasteiger partial charge in [-0.05, 0) is 44.4 Å². The van der Waals surface area contributed by atoms with E-state index in [4.69, 9.17) is 4.74 Å². The Hall–Kier alpha value is -1.63. The van der Waals surface area contributed by atoms with Crippen molar-refractivity contribution in [1.82, 2.24) is 9.47 Å². The van der Waals surface area contributed by atoms with E-state index in [0.29, 0.717) is 18.7 Å². The Labute approximate surface area is 140 Å². The van der Waals surface area contributed by atoms with Gasteiger partial charge in [-0.1, -0.05) is 0 Å². The fraction of sp³-hybridized carbons (Fsp3) is 0.471. The number of aliphatic hydroxyl groups excluding tert-OH is 1. The molecule has 1 N–H and O–H groups in total. The molecular weight excluding hydrogens is 312 g/mol. The van der Waals surface area contributed by atoms with Crippen LogP contribution in [0.25, 0.3) is 5.00 Å². The Bertz CT molecular complexity index is 687. The van der Waals surface area contributed by atoms with Gasteiger partial charge in [0.25, 0.3) is 5.91 Å². The van der Waals surface area contributed by atoms with Crippen molar-refractivity contribution in [3.8, 4) is 5.00 Å². The zero-order valence-electron chi connectivity index (χ0n) is 13.7. The van der Waals surface area contributed by atoms with Crippen molar-refractivity contribution in [3.63, 3.8) is 0 Å². The van der Waals surface area contributed by atoms with Gasteiger partial charge in [0.05, 0.1) is 30.9 Å². The molecule has 2 atom stereocenters. The highest BCUT2D eigenvalue weighted by atomic mass is 32.1. The van der Waals surface area contributed by atoms with E-state index in [-0.39, 0.29) is 24.7 Å². The largest absolute Gasteiger partial charge is 0.394 e. The van der Waals surface area contributed by atoms with Gasteiger partial charge in [-0.25, -0.2) is 0 Å². The molecule has 5 nitrogen and oxygen atoms in total. The molecule has 0 spiro atoms. The summed E-state index contributed by atoms with van der Waals surface area (Å²) in [6.07, 6.45) is -0.299. The van der Waals surface area contributed by atoms with Crippen LogP contribution in [0.4, 0.5) is 0 Å². The molecule has 3 heterocycles. The minimum atomic E-state index is -0.299. The summed E-state index contributed by atoms with van der Waals surface area (Å²) >= 11 is 1.57. The van der Waals surface area contributed by atoms with Crippen LogP contribution >= 0.6 is 11.3 Å². The van der Waals surface area contributed by atoms with Gasteiger partial charge < -0.3 is 19.3 Å². The van der Waals surface area contributed by atoms with Crippen LogP contribution in [-0.2, 0) is 4.74 Å². The van der Waals surface area contributed by atoms with E-state index >= 15 is 0 Å². The molecule has 124 valence electrons. The lowest BCUT2D eigenvalue weighted by atomic mass is 10.1. The van der Waals surface area contributed by atoms with Crippen molar-refractivity contribution in [2.45, 2.75) is 32.9 Å². The number of rotatable bonds is 3. The Kier molecular flexibility index (Phi) is 4.57. The highest BCUT2D eigenvalue weighted by Crippen LogP contribution is 2.28. The molecule has 0 aromatic carbocycles. The third-order valence-electron chi connectivity index (χ3n) is 4.32. The molecule has 2 unspecified atom stereocenters. The quantitative estimate of drug-likeness (QED) is 0.938. The number of hydrogen-bond donors (Lipinski definition) is 1. The van der Waals surface area contributed by atoms with Crippen LogP contribution in [0.3, 0.4) is 0 Å². The SMILES string of the molecule is Cc1ccc(C)n1-c1sccc1C(=O)N1CC(CO)OCC1C. The Balaban J connectivity index is 1.94. The van der Waals surface area contributed by atoms with E-state index in [1.807, 2.05) is 37.1 Å². The number of carbonyl (C=O) groups excluding carboxylic acids is 1. The summed E-state index contributed by atoms with van der Waals surface area (Å²) in [6.45, 7) is 6.88. The van der Waals surface area contributed by atoms with Crippen LogP contribution in [0.15, 0.2) is 23.6 Å². The molecule has 3 rings (SSSR count). The second-order valence-electron chi connectivity index (χ2n) is 6.04. The molecule has 6 heteroatoms. The van der Waals surface area contributed by atoms with Crippen molar-refractivity contribution in [2.75, 3.05) is 19.8 Å². The number of aliphatic hydroxyl groups is 1. The summed E-state index contributed by atoms with van der Waals surface area (Å²) < 4.78 is 7.65. The van der Waals surface area contributed by atoms with E-state index in [1.54, 1.807) is 11.3 Å². The first-order valence-corrected chi connectivity index (χ1v) is 8.67. The topological polar surface area (TPSA) is 54.7 Å². The summed E-state index contributed by atoms with van der Waals surface area (Å²) in [4.78, 5) is 14.9. The van der Waals surface area contributed by atoms with Gasteiger partial charge in [0, 0.05) is 17.9 Å². The van der Waals surface area contributed by atoms with E-state index in [9.17, 15) is 9.90 Å². The molecule has 0 bridgehead atoms. The zero-order chi connectivity index (χ0) is 16.6. The average Bonchev–Trinajstić information content (AvgIpc) is 3.13. The predicted molar refractivity (Wildman–Crippen MR) is 90.4 cm³/mol. The number of thiophene rings is 1. The number of amides is 1. The lowest BCUT2D eigenvalue weighted by Crippen LogP contribution is -2.52. The van der Waals surface area contributed by atoms with Crippen LogP contribution < -0.4 is 0 Å². The van der Waals surface area contributed by atoms with Gasteiger partial charge in [0.15, 0.2) is 0 Å². The molecule has 0 radical (unpaired) electrons. The zero-order valence-corrected chi connectivity index (χ0v) is 14.5. The normalized spacial score (nSPS) is 21.7. The Morgan fingerprint density at radius 1 is 1.35 bits per heavy atom. The number of nitrogens with zero attached hydrogens (tertiary/aromatic N) is 2. The standard InChI is InChI=1S/C17H22N2O3S/c1-11-4-5-12(2)19(11)17-15(6-7-23-17)16(21)18-8-14(9-20)22-10-13(18)3/h4-7,13-14,20H,8-10H2,1-3H3. The van der Waals surface area contributed by atoms with Crippen molar-refractivity contribution >= 4 is 17.2 Å². The minimum absolute atomic E-state index is 0.00278. The van der Waals surface area contributed by atoms with E-state index < -0.39 is 0 Å². The molecule has 1 amide bonds. The average molecular weight is 334 g/mol. The molecule has 0 saturated carbocycles. The van der Waals surface area contributed by atoms with E-state index in [2.05, 4.69) is 16.7 Å². The van der Waals surface area contributed by atoms with Crippen molar-refractivity contribution in [1.29, 1.82) is 0 Å². The Morgan fingerprint density at radius 3 is 2.70 bits per heavy atom. The fourth-order valence-corrected chi connectivity index (χ4v) is 4.00.